The highest BCUT2D eigenvalue weighted by Crippen LogP contribution is 2.24. The van der Waals surface area contributed by atoms with E-state index in [2.05, 4.69) is 5.10 Å². The van der Waals surface area contributed by atoms with Crippen molar-refractivity contribution in [3.8, 4) is 0 Å². The highest BCUT2D eigenvalue weighted by atomic mass is 35.5. The van der Waals surface area contributed by atoms with Crippen LogP contribution in [-0.4, -0.2) is 29.6 Å². The molecule has 1 aromatic carbocycles. The van der Waals surface area contributed by atoms with Gasteiger partial charge < -0.3 is 0 Å². The van der Waals surface area contributed by atoms with E-state index < -0.39 is 10.0 Å². The van der Waals surface area contributed by atoms with Crippen molar-refractivity contribution in [1.29, 1.82) is 0 Å². The highest BCUT2D eigenvalue weighted by molar-refractivity contribution is 7.89. The second-order valence-corrected chi connectivity index (χ2v) is 7.39. The van der Waals surface area contributed by atoms with Crippen LogP contribution in [0.1, 0.15) is 11.1 Å². The maximum atomic E-state index is 12.5. The Morgan fingerprint density at radius 1 is 1.38 bits per heavy atom. The molecule has 0 aliphatic heterocycles. The third-order valence-electron chi connectivity index (χ3n) is 3.04. The summed E-state index contributed by atoms with van der Waals surface area (Å²) in [5, 5.41) is 4.37. The zero-order valence-corrected chi connectivity index (χ0v) is 14.0. The van der Waals surface area contributed by atoms with Gasteiger partial charge in [0.05, 0.1) is 11.1 Å². The van der Waals surface area contributed by atoms with E-state index >= 15 is 0 Å². The molecule has 0 saturated carbocycles. The Bertz CT molecular complexity index is 744. The molecule has 0 aliphatic rings. The molecule has 114 valence electrons. The fourth-order valence-corrected chi connectivity index (χ4v) is 3.67. The van der Waals surface area contributed by atoms with Gasteiger partial charge in [0, 0.05) is 43.3 Å². The first-order chi connectivity index (χ1) is 9.84. The normalized spacial score (nSPS) is 12.0. The molecule has 2 aromatic rings. The molecule has 5 nitrogen and oxygen atoms in total. The Kier molecular flexibility index (Phi) is 4.93. The van der Waals surface area contributed by atoms with Crippen molar-refractivity contribution in [2.75, 3.05) is 7.05 Å². The van der Waals surface area contributed by atoms with E-state index in [0.717, 1.165) is 5.56 Å². The largest absolute Gasteiger partial charge is 0.275 e. The van der Waals surface area contributed by atoms with Crippen molar-refractivity contribution in [2.24, 2.45) is 7.05 Å². The Labute approximate surface area is 134 Å². The first kappa shape index (κ1) is 16.3. The maximum Gasteiger partial charge on any atom is 0.243 e. The van der Waals surface area contributed by atoms with Crippen LogP contribution in [0, 0.1) is 0 Å². The molecule has 0 aliphatic carbocycles. The third-order valence-corrected chi connectivity index (χ3v) is 5.48. The third kappa shape index (κ3) is 3.58. The van der Waals surface area contributed by atoms with Crippen LogP contribution in [0.2, 0.25) is 5.02 Å². The van der Waals surface area contributed by atoms with E-state index in [0.29, 0.717) is 10.6 Å². The molecule has 1 heterocycles. The minimum atomic E-state index is -3.61. The van der Waals surface area contributed by atoms with Gasteiger partial charge in [0.1, 0.15) is 0 Å². The lowest BCUT2D eigenvalue weighted by molar-refractivity contribution is 0.466. The minimum absolute atomic E-state index is 0.146. The molecular weight excluding hydrogens is 333 g/mol. The summed E-state index contributed by atoms with van der Waals surface area (Å²) in [5.41, 5.74) is 1.51. The number of halogens is 2. The minimum Gasteiger partial charge on any atom is -0.275 e. The van der Waals surface area contributed by atoms with Crippen LogP contribution in [-0.2, 0) is 29.5 Å². The molecule has 0 spiro atoms. The second-order valence-electron chi connectivity index (χ2n) is 4.67. The van der Waals surface area contributed by atoms with Gasteiger partial charge in [0.2, 0.25) is 10.0 Å². The topological polar surface area (TPSA) is 55.2 Å². The van der Waals surface area contributed by atoms with Crippen LogP contribution in [0.25, 0.3) is 0 Å². The maximum absolute atomic E-state index is 12.5. The molecule has 0 bridgehead atoms. The van der Waals surface area contributed by atoms with Gasteiger partial charge in [0.25, 0.3) is 0 Å². The SMILES string of the molecule is CN(Cc1cnn(C)c1)S(=O)(=O)c1ccc(CCl)c(Cl)c1. The summed E-state index contributed by atoms with van der Waals surface area (Å²) in [7, 11) is -0.307. The summed E-state index contributed by atoms with van der Waals surface area (Å²) in [5.74, 6) is 0.241. The van der Waals surface area contributed by atoms with Gasteiger partial charge in [-0.3, -0.25) is 4.68 Å². The quantitative estimate of drug-likeness (QED) is 0.781. The van der Waals surface area contributed by atoms with E-state index in [1.165, 1.54) is 23.5 Å². The molecule has 0 saturated heterocycles. The Balaban J connectivity index is 2.26. The van der Waals surface area contributed by atoms with Crippen LogP contribution in [0.3, 0.4) is 0 Å². The first-order valence-electron chi connectivity index (χ1n) is 6.13. The summed E-state index contributed by atoms with van der Waals surface area (Å²) >= 11 is 11.7. The van der Waals surface area contributed by atoms with Gasteiger partial charge in [-0.15, -0.1) is 11.6 Å². The lowest BCUT2D eigenvalue weighted by Crippen LogP contribution is -2.26. The fraction of sp³-hybridized carbons (Fsp3) is 0.308. The number of aromatic nitrogens is 2. The van der Waals surface area contributed by atoms with E-state index in [-0.39, 0.29) is 17.3 Å². The highest BCUT2D eigenvalue weighted by Gasteiger charge is 2.22. The summed E-state index contributed by atoms with van der Waals surface area (Å²) < 4.78 is 27.9. The first-order valence-corrected chi connectivity index (χ1v) is 8.48. The molecule has 0 unspecified atom stereocenters. The van der Waals surface area contributed by atoms with Crippen LogP contribution < -0.4 is 0 Å². The van der Waals surface area contributed by atoms with E-state index in [9.17, 15) is 8.42 Å². The molecule has 0 radical (unpaired) electrons. The predicted molar refractivity (Wildman–Crippen MR) is 82.9 cm³/mol. The summed E-state index contributed by atoms with van der Waals surface area (Å²) in [6.07, 6.45) is 3.41. The number of benzene rings is 1. The standard InChI is InChI=1S/C13H15Cl2N3O2S/c1-17-8-10(7-16-17)9-18(2)21(19,20)12-4-3-11(6-14)13(15)5-12/h3-5,7-8H,6,9H2,1-2H3. The lowest BCUT2D eigenvalue weighted by Gasteiger charge is -2.17. The van der Waals surface area contributed by atoms with Gasteiger partial charge >= 0.3 is 0 Å². The van der Waals surface area contributed by atoms with Crippen LogP contribution in [0.5, 0.6) is 0 Å². The van der Waals surface area contributed by atoms with Crippen LogP contribution in [0.4, 0.5) is 0 Å². The van der Waals surface area contributed by atoms with Crippen molar-refractivity contribution in [3.63, 3.8) is 0 Å². The number of hydrogen-bond donors (Lipinski definition) is 0. The van der Waals surface area contributed by atoms with E-state index in [4.69, 9.17) is 23.2 Å². The van der Waals surface area contributed by atoms with E-state index in [1.54, 1.807) is 30.2 Å². The van der Waals surface area contributed by atoms with Gasteiger partial charge in [-0.2, -0.15) is 9.40 Å². The number of alkyl halides is 1. The summed E-state index contributed by atoms with van der Waals surface area (Å²) in [6, 6.07) is 4.56. The number of sulfonamides is 1. The van der Waals surface area contributed by atoms with Crippen LogP contribution >= 0.6 is 23.2 Å². The summed E-state index contributed by atoms with van der Waals surface area (Å²) in [4.78, 5) is 0.146. The van der Waals surface area contributed by atoms with Gasteiger partial charge in [-0.1, -0.05) is 17.7 Å². The lowest BCUT2D eigenvalue weighted by atomic mass is 10.2. The predicted octanol–water partition coefficient (Wildman–Crippen LogP) is 2.63. The van der Waals surface area contributed by atoms with Gasteiger partial charge in [-0.05, 0) is 17.7 Å². The van der Waals surface area contributed by atoms with Gasteiger partial charge in [0.15, 0.2) is 0 Å². The second kappa shape index (κ2) is 6.36. The van der Waals surface area contributed by atoms with Crippen molar-refractivity contribution in [3.05, 3.63) is 46.7 Å². The van der Waals surface area contributed by atoms with E-state index in [1.807, 2.05) is 0 Å². The van der Waals surface area contributed by atoms with Crippen molar-refractivity contribution in [1.82, 2.24) is 14.1 Å². The molecule has 8 heteroatoms. The zero-order valence-electron chi connectivity index (χ0n) is 11.6. The molecular formula is C13H15Cl2N3O2S. The molecule has 2 rings (SSSR count). The number of nitrogens with zero attached hydrogens (tertiary/aromatic N) is 3. The molecule has 0 fully saturated rings. The molecule has 0 amide bonds. The number of rotatable bonds is 5. The van der Waals surface area contributed by atoms with Crippen molar-refractivity contribution < 1.29 is 8.42 Å². The van der Waals surface area contributed by atoms with Gasteiger partial charge in [-0.25, -0.2) is 8.42 Å². The number of aryl methyl sites for hydroxylation is 1. The molecule has 1 aromatic heterocycles. The summed E-state index contributed by atoms with van der Waals surface area (Å²) in [6.45, 7) is 0.241. The van der Waals surface area contributed by atoms with Crippen molar-refractivity contribution in [2.45, 2.75) is 17.3 Å². The molecule has 0 N–H and O–H groups in total. The zero-order chi connectivity index (χ0) is 15.6. The smallest absolute Gasteiger partial charge is 0.243 e. The average Bonchev–Trinajstić information content (AvgIpc) is 2.83. The number of hydrogen-bond acceptors (Lipinski definition) is 3. The Morgan fingerprint density at radius 3 is 2.62 bits per heavy atom. The van der Waals surface area contributed by atoms with Crippen molar-refractivity contribution >= 4 is 33.2 Å². The monoisotopic (exact) mass is 347 g/mol. The Morgan fingerprint density at radius 2 is 2.10 bits per heavy atom. The average molecular weight is 348 g/mol. The Hall–Kier alpha value is -1.08. The molecule has 0 atom stereocenters. The molecule has 21 heavy (non-hydrogen) atoms. The fourth-order valence-electron chi connectivity index (χ4n) is 1.87. The van der Waals surface area contributed by atoms with Crippen LogP contribution in [0.15, 0.2) is 35.5 Å².